The number of carboxylic acids is 1. The van der Waals surface area contributed by atoms with E-state index in [9.17, 15) is 14.4 Å². The maximum atomic E-state index is 11.4. The lowest BCUT2D eigenvalue weighted by Crippen LogP contribution is -2.27. The number of hydrogen-bond acceptors (Lipinski definition) is 5. The Morgan fingerprint density at radius 2 is 1.94 bits per heavy atom. The van der Waals surface area contributed by atoms with Gasteiger partial charge in [-0.25, -0.2) is 9.59 Å². The normalized spacial score (nSPS) is 11.4. The van der Waals surface area contributed by atoms with Gasteiger partial charge in [-0.3, -0.25) is 4.79 Å². The van der Waals surface area contributed by atoms with Crippen molar-refractivity contribution in [1.82, 2.24) is 0 Å². The molecule has 0 bridgehead atoms. The monoisotopic (exact) mass is 258 g/mol. The van der Waals surface area contributed by atoms with E-state index >= 15 is 0 Å². The van der Waals surface area contributed by atoms with Crippen molar-refractivity contribution in [3.8, 4) is 0 Å². The number of unbranched alkanes of at least 4 members (excludes halogenated alkanes) is 1. The van der Waals surface area contributed by atoms with Gasteiger partial charge in [0.05, 0.1) is 13.0 Å². The standard InChI is InChI=1S/C12H18O6/c1-4-5-6-17-12(16)9(3)18-11(15)8(2)7-10(13)14/h9H,2,4-7H2,1,3H3,(H,13,14). The van der Waals surface area contributed by atoms with Gasteiger partial charge in [-0.1, -0.05) is 19.9 Å². The number of rotatable bonds is 8. The molecule has 0 saturated carbocycles. The van der Waals surface area contributed by atoms with Crippen molar-refractivity contribution in [3.05, 3.63) is 12.2 Å². The molecule has 6 heteroatoms. The largest absolute Gasteiger partial charge is 0.481 e. The third-order valence-corrected chi connectivity index (χ3v) is 2.01. The maximum Gasteiger partial charge on any atom is 0.347 e. The molecule has 18 heavy (non-hydrogen) atoms. The molecule has 0 aromatic rings. The second-order valence-electron chi connectivity index (χ2n) is 3.74. The summed E-state index contributed by atoms with van der Waals surface area (Å²) in [6.45, 7) is 6.86. The summed E-state index contributed by atoms with van der Waals surface area (Å²) >= 11 is 0. The van der Waals surface area contributed by atoms with Gasteiger partial charge in [0.15, 0.2) is 6.10 Å². The number of carboxylic acid groups (broad SMARTS) is 1. The van der Waals surface area contributed by atoms with E-state index in [1.54, 1.807) is 0 Å². The molecule has 1 unspecified atom stereocenters. The molecule has 1 atom stereocenters. The Balaban J connectivity index is 4.09. The molecule has 1 N–H and O–H groups in total. The molecule has 0 amide bonds. The first-order chi connectivity index (χ1) is 8.38. The molecule has 0 aliphatic carbocycles. The molecule has 0 aromatic carbocycles. The molecule has 0 rings (SSSR count). The highest BCUT2D eigenvalue weighted by molar-refractivity contribution is 5.94. The van der Waals surface area contributed by atoms with E-state index in [2.05, 4.69) is 6.58 Å². The Morgan fingerprint density at radius 3 is 2.44 bits per heavy atom. The van der Waals surface area contributed by atoms with Crippen molar-refractivity contribution >= 4 is 17.9 Å². The van der Waals surface area contributed by atoms with Gasteiger partial charge in [0.25, 0.3) is 0 Å². The number of hydrogen-bond donors (Lipinski definition) is 1. The number of ether oxygens (including phenoxy) is 2. The quantitative estimate of drug-likeness (QED) is 0.401. The minimum absolute atomic E-state index is 0.212. The molecule has 0 spiro atoms. The highest BCUT2D eigenvalue weighted by Gasteiger charge is 2.21. The Bertz CT molecular complexity index is 333. The van der Waals surface area contributed by atoms with Crippen LogP contribution in [0, 0.1) is 0 Å². The van der Waals surface area contributed by atoms with Crippen LogP contribution in [0.2, 0.25) is 0 Å². The summed E-state index contributed by atoms with van der Waals surface area (Å²) in [6, 6.07) is 0. The van der Waals surface area contributed by atoms with Crippen LogP contribution in [0.15, 0.2) is 12.2 Å². The second-order valence-corrected chi connectivity index (χ2v) is 3.74. The minimum atomic E-state index is -1.19. The van der Waals surface area contributed by atoms with E-state index in [0.717, 1.165) is 12.8 Å². The maximum absolute atomic E-state index is 11.4. The Hall–Kier alpha value is -1.85. The van der Waals surface area contributed by atoms with Gasteiger partial charge in [-0.2, -0.15) is 0 Å². The first kappa shape index (κ1) is 16.1. The second kappa shape index (κ2) is 8.27. The number of aliphatic carboxylic acids is 1. The van der Waals surface area contributed by atoms with Crippen LogP contribution in [0.3, 0.4) is 0 Å². The molecule has 0 heterocycles. The summed E-state index contributed by atoms with van der Waals surface area (Å²) in [6.07, 6.45) is 0.0331. The number of esters is 2. The third kappa shape index (κ3) is 6.67. The molecule has 0 aliphatic rings. The Morgan fingerprint density at radius 1 is 1.33 bits per heavy atom. The van der Waals surface area contributed by atoms with Crippen LogP contribution >= 0.6 is 0 Å². The van der Waals surface area contributed by atoms with Gasteiger partial charge >= 0.3 is 17.9 Å². The third-order valence-electron chi connectivity index (χ3n) is 2.01. The summed E-state index contributed by atoms with van der Waals surface area (Å²) in [4.78, 5) is 33.0. The van der Waals surface area contributed by atoms with Crippen LogP contribution in [0.1, 0.15) is 33.1 Å². The summed E-state index contributed by atoms with van der Waals surface area (Å²) in [5, 5.41) is 8.46. The summed E-state index contributed by atoms with van der Waals surface area (Å²) in [5.74, 6) is -2.74. The van der Waals surface area contributed by atoms with E-state index in [4.69, 9.17) is 14.6 Å². The zero-order valence-electron chi connectivity index (χ0n) is 10.6. The zero-order valence-corrected chi connectivity index (χ0v) is 10.6. The molecular formula is C12H18O6. The molecule has 0 aliphatic heterocycles. The molecule has 0 aromatic heterocycles. The van der Waals surface area contributed by atoms with E-state index in [1.807, 2.05) is 6.92 Å². The van der Waals surface area contributed by atoms with Gasteiger partial charge in [-0.15, -0.1) is 0 Å². The lowest BCUT2D eigenvalue weighted by Gasteiger charge is -2.13. The summed E-state index contributed by atoms with van der Waals surface area (Å²) in [7, 11) is 0. The topological polar surface area (TPSA) is 89.9 Å². The zero-order chi connectivity index (χ0) is 14.1. The SMILES string of the molecule is C=C(CC(=O)O)C(=O)OC(C)C(=O)OCCCC. The van der Waals surface area contributed by atoms with Gasteiger partial charge in [0, 0.05) is 5.57 Å². The van der Waals surface area contributed by atoms with Crippen LogP contribution in [0.25, 0.3) is 0 Å². The minimum Gasteiger partial charge on any atom is -0.481 e. The first-order valence-corrected chi connectivity index (χ1v) is 5.65. The van der Waals surface area contributed by atoms with Crippen molar-refractivity contribution in [3.63, 3.8) is 0 Å². The van der Waals surface area contributed by atoms with Crippen molar-refractivity contribution in [2.75, 3.05) is 6.61 Å². The molecule has 102 valence electrons. The van der Waals surface area contributed by atoms with E-state index < -0.39 is 30.4 Å². The van der Waals surface area contributed by atoms with Gasteiger partial charge in [0.2, 0.25) is 0 Å². The van der Waals surface area contributed by atoms with Crippen LogP contribution < -0.4 is 0 Å². The summed E-state index contributed by atoms with van der Waals surface area (Å²) < 4.78 is 9.57. The average molecular weight is 258 g/mol. The van der Waals surface area contributed by atoms with Crippen molar-refractivity contribution in [2.45, 2.75) is 39.2 Å². The van der Waals surface area contributed by atoms with Crippen LogP contribution in [0.5, 0.6) is 0 Å². The smallest absolute Gasteiger partial charge is 0.347 e. The van der Waals surface area contributed by atoms with E-state index in [-0.39, 0.29) is 12.2 Å². The molecule has 6 nitrogen and oxygen atoms in total. The van der Waals surface area contributed by atoms with Crippen LogP contribution in [0.4, 0.5) is 0 Å². The fourth-order valence-electron chi connectivity index (χ4n) is 0.981. The van der Waals surface area contributed by atoms with Crippen LogP contribution in [-0.2, 0) is 23.9 Å². The molecular weight excluding hydrogens is 240 g/mol. The van der Waals surface area contributed by atoms with E-state index in [1.165, 1.54) is 6.92 Å². The predicted molar refractivity (Wildman–Crippen MR) is 62.8 cm³/mol. The van der Waals surface area contributed by atoms with Crippen molar-refractivity contribution in [1.29, 1.82) is 0 Å². The van der Waals surface area contributed by atoms with Gasteiger partial charge in [0.1, 0.15) is 0 Å². The summed E-state index contributed by atoms with van der Waals surface area (Å²) in [5.41, 5.74) is -0.212. The van der Waals surface area contributed by atoms with Crippen LogP contribution in [-0.4, -0.2) is 35.7 Å². The van der Waals surface area contributed by atoms with Crippen molar-refractivity contribution < 1.29 is 29.0 Å². The molecule has 0 fully saturated rings. The lowest BCUT2D eigenvalue weighted by atomic mass is 10.2. The Kier molecular flexibility index (Phi) is 7.42. The number of carbonyl (C=O) groups excluding carboxylic acids is 2. The highest BCUT2D eigenvalue weighted by Crippen LogP contribution is 2.05. The van der Waals surface area contributed by atoms with Crippen molar-refractivity contribution in [2.24, 2.45) is 0 Å². The first-order valence-electron chi connectivity index (χ1n) is 5.65. The fraction of sp³-hybridized carbons (Fsp3) is 0.583. The average Bonchev–Trinajstić information content (AvgIpc) is 2.28. The lowest BCUT2D eigenvalue weighted by molar-refractivity contribution is -0.164. The van der Waals surface area contributed by atoms with Gasteiger partial charge in [-0.05, 0) is 13.3 Å². The molecule has 0 radical (unpaired) electrons. The van der Waals surface area contributed by atoms with Gasteiger partial charge < -0.3 is 14.6 Å². The van der Waals surface area contributed by atoms with E-state index in [0.29, 0.717) is 0 Å². The highest BCUT2D eigenvalue weighted by atomic mass is 16.6. The molecule has 0 saturated heterocycles. The predicted octanol–water partition coefficient (Wildman–Crippen LogP) is 1.29. The Labute approximate surface area is 106 Å². The fourth-order valence-corrected chi connectivity index (χ4v) is 0.981. The number of carbonyl (C=O) groups is 3.